The van der Waals surface area contributed by atoms with Crippen molar-refractivity contribution in [1.29, 1.82) is 0 Å². The monoisotopic (exact) mass is 269 g/mol. The van der Waals surface area contributed by atoms with Crippen molar-refractivity contribution < 1.29 is 4.79 Å². The number of amides is 1. The normalized spacial score (nSPS) is 18.4. The molecule has 1 aromatic heterocycles. The summed E-state index contributed by atoms with van der Waals surface area (Å²) in [5.74, 6) is 0.0637. The van der Waals surface area contributed by atoms with Crippen LogP contribution in [0.25, 0.3) is 0 Å². The molecule has 1 aliphatic rings. The van der Waals surface area contributed by atoms with Crippen LogP contribution in [0.1, 0.15) is 40.5 Å². The highest BCUT2D eigenvalue weighted by Gasteiger charge is 2.31. The molecule has 0 saturated carbocycles. The summed E-state index contributed by atoms with van der Waals surface area (Å²) in [6, 6.07) is 9.71. The zero-order chi connectivity index (χ0) is 14.1. The van der Waals surface area contributed by atoms with Gasteiger partial charge in [-0.1, -0.05) is 6.07 Å². The summed E-state index contributed by atoms with van der Waals surface area (Å²) in [7, 11) is 0. The van der Waals surface area contributed by atoms with Crippen LogP contribution in [-0.2, 0) is 0 Å². The van der Waals surface area contributed by atoms with E-state index in [0.717, 1.165) is 30.6 Å². The van der Waals surface area contributed by atoms with Crippen LogP contribution in [0.2, 0.25) is 0 Å². The summed E-state index contributed by atoms with van der Waals surface area (Å²) in [5.41, 5.74) is 9.37. The van der Waals surface area contributed by atoms with Crippen molar-refractivity contribution in [2.24, 2.45) is 0 Å². The van der Waals surface area contributed by atoms with Gasteiger partial charge in [-0.3, -0.25) is 4.79 Å². The van der Waals surface area contributed by atoms with Gasteiger partial charge >= 0.3 is 0 Å². The van der Waals surface area contributed by atoms with Crippen LogP contribution in [0.4, 0.5) is 5.69 Å². The molecule has 1 fully saturated rings. The molecule has 1 aromatic carbocycles. The van der Waals surface area contributed by atoms with E-state index in [1.54, 1.807) is 6.07 Å². The first kappa shape index (κ1) is 12.8. The Kier molecular flexibility index (Phi) is 3.22. The van der Waals surface area contributed by atoms with E-state index in [9.17, 15) is 4.79 Å². The lowest BCUT2D eigenvalue weighted by molar-refractivity contribution is 0.0733. The van der Waals surface area contributed by atoms with Crippen LogP contribution in [0.5, 0.6) is 0 Å². The number of aryl methyl sites for hydroxylation is 1. The second-order valence-corrected chi connectivity index (χ2v) is 5.35. The number of nitrogens with zero attached hydrogens (tertiary/aromatic N) is 1. The Bertz CT molecular complexity index is 619. The van der Waals surface area contributed by atoms with Crippen molar-refractivity contribution in [3.05, 3.63) is 53.3 Å². The van der Waals surface area contributed by atoms with Crippen LogP contribution in [0.15, 0.2) is 36.5 Å². The van der Waals surface area contributed by atoms with Crippen LogP contribution in [0, 0.1) is 6.92 Å². The summed E-state index contributed by atoms with van der Waals surface area (Å²) in [4.78, 5) is 17.8. The molecule has 104 valence electrons. The number of carbonyl (C=O) groups is 1. The Morgan fingerprint density at radius 3 is 2.95 bits per heavy atom. The number of likely N-dealkylation sites (tertiary alicyclic amines) is 1. The predicted molar refractivity (Wildman–Crippen MR) is 79.4 cm³/mol. The van der Waals surface area contributed by atoms with Crippen LogP contribution < -0.4 is 5.73 Å². The van der Waals surface area contributed by atoms with E-state index in [1.165, 1.54) is 0 Å². The van der Waals surface area contributed by atoms with Gasteiger partial charge in [0.2, 0.25) is 0 Å². The maximum absolute atomic E-state index is 12.7. The predicted octanol–water partition coefficient (Wildman–Crippen LogP) is 2.88. The number of anilines is 1. The van der Waals surface area contributed by atoms with Crippen molar-refractivity contribution in [3.8, 4) is 0 Å². The average Bonchev–Trinajstić information content (AvgIpc) is 3.10. The summed E-state index contributed by atoms with van der Waals surface area (Å²) < 4.78 is 0. The largest absolute Gasteiger partial charge is 0.398 e. The van der Waals surface area contributed by atoms with Crippen LogP contribution >= 0.6 is 0 Å². The summed E-state index contributed by atoms with van der Waals surface area (Å²) >= 11 is 0. The molecular formula is C16H19N3O. The zero-order valence-corrected chi connectivity index (χ0v) is 11.6. The molecule has 1 unspecified atom stereocenters. The number of benzene rings is 1. The number of carbonyl (C=O) groups excluding carboxylic acids is 1. The minimum Gasteiger partial charge on any atom is -0.398 e. The highest BCUT2D eigenvalue weighted by atomic mass is 16.2. The van der Waals surface area contributed by atoms with E-state index in [-0.39, 0.29) is 11.9 Å². The van der Waals surface area contributed by atoms with Gasteiger partial charge in [-0.25, -0.2) is 0 Å². The maximum atomic E-state index is 12.7. The number of aromatic amines is 1. The molecule has 0 spiro atoms. The van der Waals surface area contributed by atoms with Gasteiger partial charge in [0.25, 0.3) is 5.91 Å². The number of nitrogen functional groups attached to an aromatic ring is 1. The minimum absolute atomic E-state index is 0.0637. The maximum Gasteiger partial charge on any atom is 0.254 e. The average molecular weight is 269 g/mol. The molecule has 4 nitrogen and oxygen atoms in total. The van der Waals surface area contributed by atoms with Gasteiger partial charge in [0.05, 0.1) is 6.04 Å². The molecule has 4 heteroatoms. The van der Waals surface area contributed by atoms with E-state index < -0.39 is 0 Å². The van der Waals surface area contributed by atoms with Crippen LogP contribution in [-0.4, -0.2) is 22.3 Å². The minimum atomic E-state index is 0.0637. The van der Waals surface area contributed by atoms with E-state index in [4.69, 9.17) is 5.73 Å². The number of nitrogens with two attached hydrogens (primary N) is 1. The molecule has 1 saturated heterocycles. The third-order valence-electron chi connectivity index (χ3n) is 4.02. The topological polar surface area (TPSA) is 62.1 Å². The standard InChI is InChI=1S/C16H19N3O/c1-11-6-7-12(10-13(11)17)16(20)19-9-3-5-15(19)14-4-2-8-18-14/h2,4,6-8,10,15,18H,3,5,9,17H2,1H3. The van der Waals surface area contributed by atoms with Crippen molar-refractivity contribution in [2.75, 3.05) is 12.3 Å². The molecule has 2 heterocycles. The van der Waals surface area contributed by atoms with Crippen LogP contribution in [0.3, 0.4) is 0 Å². The first-order chi connectivity index (χ1) is 9.66. The number of rotatable bonds is 2. The van der Waals surface area contributed by atoms with Gasteiger partial charge in [-0.05, 0) is 49.6 Å². The number of aromatic nitrogens is 1. The SMILES string of the molecule is Cc1ccc(C(=O)N2CCCC2c2ccc[nH]2)cc1N. The molecule has 0 aliphatic carbocycles. The molecular weight excluding hydrogens is 250 g/mol. The van der Waals surface area contributed by atoms with Crippen molar-refractivity contribution in [2.45, 2.75) is 25.8 Å². The molecule has 1 atom stereocenters. The zero-order valence-electron chi connectivity index (χ0n) is 11.6. The quantitative estimate of drug-likeness (QED) is 0.823. The fourth-order valence-corrected chi connectivity index (χ4v) is 2.82. The number of H-pyrrole nitrogens is 1. The van der Waals surface area contributed by atoms with E-state index >= 15 is 0 Å². The second-order valence-electron chi connectivity index (χ2n) is 5.35. The highest BCUT2D eigenvalue weighted by Crippen LogP contribution is 2.32. The molecule has 3 N–H and O–H groups in total. The van der Waals surface area contributed by atoms with Gasteiger partial charge in [0.15, 0.2) is 0 Å². The van der Waals surface area contributed by atoms with Gasteiger partial charge < -0.3 is 15.6 Å². The van der Waals surface area contributed by atoms with Gasteiger partial charge in [-0.15, -0.1) is 0 Å². The Morgan fingerprint density at radius 1 is 1.40 bits per heavy atom. The Balaban J connectivity index is 1.87. The number of nitrogens with one attached hydrogen (secondary N) is 1. The number of hydrogen-bond donors (Lipinski definition) is 2. The van der Waals surface area contributed by atoms with Gasteiger partial charge in [0, 0.05) is 29.7 Å². The lowest BCUT2D eigenvalue weighted by atomic mass is 10.1. The number of hydrogen-bond acceptors (Lipinski definition) is 2. The van der Waals surface area contributed by atoms with E-state index in [2.05, 4.69) is 4.98 Å². The molecule has 1 amide bonds. The van der Waals surface area contributed by atoms with E-state index in [1.807, 2.05) is 42.3 Å². The summed E-state index contributed by atoms with van der Waals surface area (Å²) in [6.07, 6.45) is 3.95. The Hall–Kier alpha value is -2.23. The fourth-order valence-electron chi connectivity index (χ4n) is 2.82. The van der Waals surface area contributed by atoms with E-state index in [0.29, 0.717) is 11.3 Å². The molecule has 20 heavy (non-hydrogen) atoms. The summed E-state index contributed by atoms with van der Waals surface area (Å²) in [6.45, 7) is 2.75. The molecule has 0 radical (unpaired) electrons. The fraction of sp³-hybridized carbons (Fsp3) is 0.312. The summed E-state index contributed by atoms with van der Waals surface area (Å²) in [5, 5.41) is 0. The second kappa shape index (κ2) is 5.04. The van der Waals surface area contributed by atoms with Crippen molar-refractivity contribution in [1.82, 2.24) is 9.88 Å². The third-order valence-corrected chi connectivity index (χ3v) is 4.02. The molecule has 1 aliphatic heterocycles. The Morgan fingerprint density at radius 2 is 2.25 bits per heavy atom. The molecule has 2 aromatic rings. The van der Waals surface area contributed by atoms with Crippen molar-refractivity contribution >= 4 is 11.6 Å². The molecule has 3 rings (SSSR count). The lowest BCUT2D eigenvalue weighted by Gasteiger charge is -2.24. The van der Waals surface area contributed by atoms with Gasteiger partial charge in [0.1, 0.15) is 0 Å². The first-order valence-corrected chi connectivity index (χ1v) is 6.97. The van der Waals surface area contributed by atoms with Gasteiger partial charge in [-0.2, -0.15) is 0 Å². The smallest absolute Gasteiger partial charge is 0.254 e. The first-order valence-electron chi connectivity index (χ1n) is 6.97. The Labute approximate surface area is 118 Å². The molecule has 0 bridgehead atoms. The van der Waals surface area contributed by atoms with Crippen molar-refractivity contribution in [3.63, 3.8) is 0 Å². The lowest BCUT2D eigenvalue weighted by Crippen LogP contribution is -2.30. The third kappa shape index (κ3) is 2.18. The highest BCUT2D eigenvalue weighted by molar-refractivity contribution is 5.95.